The topological polar surface area (TPSA) is 12.4 Å². The molecule has 0 bridgehead atoms. The smallest absolute Gasteiger partial charge is 0.0658 e. The second-order valence-electron chi connectivity index (χ2n) is 10.8. The summed E-state index contributed by atoms with van der Waals surface area (Å²) in [5.74, 6) is 0.961. The first-order valence-electron chi connectivity index (χ1n) is 14.4. The van der Waals surface area contributed by atoms with Crippen molar-refractivity contribution in [3.63, 3.8) is 0 Å². The zero-order valence-electron chi connectivity index (χ0n) is 23.5. The van der Waals surface area contributed by atoms with Gasteiger partial charge in [0.1, 0.15) is 0 Å². The van der Waals surface area contributed by atoms with Crippen molar-refractivity contribution < 1.29 is 0 Å². The van der Waals surface area contributed by atoms with E-state index in [1.165, 1.54) is 37.9 Å². The normalized spacial score (nSPS) is 19.1. The van der Waals surface area contributed by atoms with Crippen LogP contribution in [0.3, 0.4) is 0 Å². The first-order valence-corrected chi connectivity index (χ1v) is 15.3. The highest BCUT2D eigenvalue weighted by Gasteiger charge is 2.39. The molecular formula is C39H35NS. The Hall–Kier alpha value is -4.14. The van der Waals surface area contributed by atoms with Gasteiger partial charge in [-0.3, -0.25) is 4.99 Å². The Bertz CT molecular complexity index is 1700. The average molecular weight is 550 g/mol. The SMILES string of the molecule is C=N/C(=C\Cc1ccccc1)c1cccc(C2CC=CC3Sc4cc5ccccc5cc4C32)c1.Cc1ccccc1. The van der Waals surface area contributed by atoms with Crippen LogP contribution in [-0.4, -0.2) is 12.0 Å². The van der Waals surface area contributed by atoms with E-state index in [1.54, 1.807) is 0 Å². The fourth-order valence-corrected chi connectivity index (χ4v) is 7.51. The number of aryl methyl sites for hydroxylation is 1. The number of fused-ring (bicyclic) bond motifs is 4. The van der Waals surface area contributed by atoms with Crippen LogP contribution in [0.5, 0.6) is 0 Å². The van der Waals surface area contributed by atoms with Crippen LogP contribution in [0.2, 0.25) is 0 Å². The minimum Gasteiger partial charge on any atom is -0.264 e. The summed E-state index contributed by atoms with van der Waals surface area (Å²) >= 11 is 2.03. The Morgan fingerprint density at radius 2 is 1.54 bits per heavy atom. The van der Waals surface area contributed by atoms with Crippen molar-refractivity contribution in [2.45, 2.75) is 41.7 Å². The number of nitrogens with zero attached hydrogens (tertiary/aromatic N) is 1. The minimum atomic E-state index is 0.463. The third-order valence-corrected chi connectivity index (χ3v) is 9.43. The number of hydrogen-bond acceptors (Lipinski definition) is 2. The van der Waals surface area contributed by atoms with Gasteiger partial charge in [-0.2, -0.15) is 0 Å². The maximum absolute atomic E-state index is 4.39. The molecule has 3 unspecified atom stereocenters. The van der Waals surface area contributed by atoms with Crippen LogP contribution in [0.25, 0.3) is 16.5 Å². The van der Waals surface area contributed by atoms with E-state index in [2.05, 4.69) is 140 Å². The fourth-order valence-electron chi connectivity index (χ4n) is 6.02. The van der Waals surface area contributed by atoms with Crippen LogP contribution >= 0.6 is 11.8 Å². The first kappa shape index (κ1) is 27.1. The van der Waals surface area contributed by atoms with Gasteiger partial charge in [0.25, 0.3) is 0 Å². The van der Waals surface area contributed by atoms with Gasteiger partial charge in [0.05, 0.1) is 5.70 Å². The lowest BCUT2D eigenvalue weighted by Gasteiger charge is -2.31. The van der Waals surface area contributed by atoms with Gasteiger partial charge in [0.15, 0.2) is 0 Å². The molecule has 2 aliphatic rings. The summed E-state index contributed by atoms with van der Waals surface area (Å²) in [7, 11) is 0. The molecule has 0 N–H and O–H groups in total. The van der Waals surface area contributed by atoms with E-state index in [4.69, 9.17) is 0 Å². The molecule has 5 aromatic carbocycles. The number of aliphatic imine (C=N–C) groups is 1. The highest BCUT2D eigenvalue weighted by molar-refractivity contribution is 8.00. The Labute approximate surface area is 248 Å². The lowest BCUT2D eigenvalue weighted by molar-refractivity contribution is 0.540. The molecule has 0 spiro atoms. The maximum Gasteiger partial charge on any atom is 0.0658 e. The highest BCUT2D eigenvalue weighted by atomic mass is 32.2. The molecule has 2 heteroatoms. The summed E-state index contributed by atoms with van der Waals surface area (Å²) in [5, 5.41) is 3.17. The summed E-state index contributed by atoms with van der Waals surface area (Å²) in [4.78, 5) is 5.83. The van der Waals surface area contributed by atoms with Crippen molar-refractivity contribution in [2.24, 2.45) is 4.99 Å². The number of rotatable bonds is 5. The number of benzene rings is 5. The van der Waals surface area contributed by atoms with Gasteiger partial charge < -0.3 is 0 Å². The molecule has 0 aromatic heterocycles. The number of allylic oxidation sites excluding steroid dienone is 2. The van der Waals surface area contributed by atoms with Crippen molar-refractivity contribution in [3.05, 3.63) is 167 Å². The summed E-state index contributed by atoms with van der Waals surface area (Å²) in [6, 6.07) is 43.3. The van der Waals surface area contributed by atoms with Gasteiger partial charge >= 0.3 is 0 Å². The van der Waals surface area contributed by atoms with Gasteiger partial charge in [0.2, 0.25) is 0 Å². The molecule has 5 aromatic rings. The molecule has 7 rings (SSSR count). The third kappa shape index (κ3) is 6.14. The number of thioether (sulfide) groups is 1. The van der Waals surface area contributed by atoms with E-state index < -0.39 is 0 Å². The van der Waals surface area contributed by atoms with Gasteiger partial charge in [-0.25, -0.2) is 0 Å². The second-order valence-corrected chi connectivity index (χ2v) is 12.1. The summed E-state index contributed by atoms with van der Waals surface area (Å²) in [6.07, 6.45) is 8.93. The maximum atomic E-state index is 4.39. The van der Waals surface area contributed by atoms with Crippen molar-refractivity contribution in [3.8, 4) is 0 Å². The predicted octanol–water partition coefficient (Wildman–Crippen LogP) is 10.4. The predicted molar refractivity (Wildman–Crippen MR) is 178 cm³/mol. The van der Waals surface area contributed by atoms with E-state index in [0.29, 0.717) is 17.1 Å². The third-order valence-electron chi connectivity index (χ3n) is 8.10. The molecule has 0 amide bonds. The molecule has 202 valence electrons. The van der Waals surface area contributed by atoms with Crippen molar-refractivity contribution in [1.29, 1.82) is 0 Å². The largest absolute Gasteiger partial charge is 0.264 e. The molecule has 41 heavy (non-hydrogen) atoms. The van der Waals surface area contributed by atoms with Crippen LogP contribution in [0.1, 0.15) is 46.1 Å². The van der Waals surface area contributed by atoms with Crippen LogP contribution in [-0.2, 0) is 6.42 Å². The second kappa shape index (κ2) is 12.6. The average Bonchev–Trinajstić information content (AvgIpc) is 3.39. The van der Waals surface area contributed by atoms with Gasteiger partial charge in [-0.05, 0) is 78.1 Å². The van der Waals surface area contributed by atoms with Gasteiger partial charge in [0, 0.05) is 21.6 Å². The molecule has 3 atom stereocenters. The Kier molecular flexibility index (Phi) is 8.30. The van der Waals surface area contributed by atoms with Crippen LogP contribution in [0, 0.1) is 6.92 Å². The van der Waals surface area contributed by atoms with E-state index in [1.807, 2.05) is 30.0 Å². The molecule has 1 aliphatic heterocycles. The monoisotopic (exact) mass is 549 g/mol. The molecule has 1 heterocycles. The van der Waals surface area contributed by atoms with Crippen molar-refractivity contribution in [1.82, 2.24) is 0 Å². The molecule has 1 nitrogen and oxygen atoms in total. The van der Waals surface area contributed by atoms with Crippen LogP contribution in [0.15, 0.2) is 149 Å². The standard InChI is InChI=1S/C32H27NS.C7H8/c1-33-29(18-17-22-9-3-2-4-10-22)26-14-7-13-25(19-26)27-15-8-16-30-32(27)28-20-23-11-5-6-12-24(23)21-31(28)34-30;1-7-5-3-2-4-6-7/h2-14,16,18-21,27,30,32H,1,15,17H2;2-6H,1H3/b29-18-;. The van der Waals surface area contributed by atoms with Crippen LogP contribution in [0.4, 0.5) is 0 Å². The highest BCUT2D eigenvalue weighted by Crippen LogP contribution is 2.55. The Morgan fingerprint density at radius 3 is 2.24 bits per heavy atom. The van der Waals surface area contributed by atoms with Gasteiger partial charge in [-0.15, -0.1) is 11.8 Å². The van der Waals surface area contributed by atoms with E-state index in [-0.39, 0.29) is 0 Å². The first-order chi connectivity index (χ1) is 20.2. The van der Waals surface area contributed by atoms with Crippen LogP contribution < -0.4 is 0 Å². The lowest BCUT2D eigenvalue weighted by atomic mass is 9.74. The van der Waals surface area contributed by atoms with Crippen molar-refractivity contribution in [2.75, 3.05) is 0 Å². The van der Waals surface area contributed by atoms with Crippen molar-refractivity contribution >= 4 is 34.9 Å². The van der Waals surface area contributed by atoms with Gasteiger partial charge in [-0.1, -0.05) is 127 Å². The summed E-state index contributed by atoms with van der Waals surface area (Å²) < 4.78 is 0. The summed E-state index contributed by atoms with van der Waals surface area (Å²) in [6.45, 7) is 5.95. The Balaban J connectivity index is 0.000000380. The molecular weight excluding hydrogens is 515 g/mol. The zero-order valence-corrected chi connectivity index (χ0v) is 24.3. The quantitative estimate of drug-likeness (QED) is 0.157. The lowest BCUT2D eigenvalue weighted by Crippen LogP contribution is -2.20. The molecule has 0 radical (unpaired) electrons. The molecule has 1 aliphatic carbocycles. The van der Waals surface area contributed by atoms with E-state index in [9.17, 15) is 0 Å². The molecule has 0 fully saturated rings. The fraction of sp³-hybridized carbons (Fsp3) is 0.154. The molecule has 0 saturated heterocycles. The Morgan fingerprint density at radius 1 is 0.829 bits per heavy atom. The van der Waals surface area contributed by atoms with E-state index >= 15 is 0 Å². The zero-order chi connectivity index (χ0) is 28.0. The number of hydrogen-bond donors (Lipinski definition) is 0. The minimum absolute atomic E-state index is 0.463. The van der Waals surface area contributed by atoms with E-state index in [0.717, 1.165) is 24.1 Å². The molecule has 0 saturated carbocycles. The summed E-state index contributed by atoms with van der Waals surface area (Å²) in [5.41, 5.74) is 7.62.